The van der Waals surface area contributed by atoms with E-state index < -0.39 is 0 Å². The molecule has 1 aliphatic carbocycles. The zero-order valence-corrected chi connectivity index (χ0v) is 16.0. The lowest BCUT2D eigenvalue weighted by atomic mass is 10.0. The lowest BCUT2D eigenvalue weighted by molar-refractivity contribution is -0.135. The van der Waals surface area contributed by atoms with Crippen LogP contribution in [0.3, 0.4) is 0 Å². The summed E-state index contributed by atoms with van der Waals surface area (Å²) < 4.78 is 1.10. The van der Waals surface area contributed by atoms with Crippen molar-refractivity contribution in [3.05, 3.63) is 34.3 Å². The average molecular weight is 402 g/mol. The van der Waals surface area contributed by atoms with Crippen LogP contribution in [0.1, 0.15) is 44.1 Å². The quantitative estimate of drug-likeness (QED) is 0.810. The Labute approximate surface area is 153 Å². The van der Waals surface area contributed by atoms with Crippen LogP contribution < -0.4 is 5.32 Å². The minimum absolute atomic E-state index is 0. The van der Waals surface area contributed by atoms with Gasteiger partial charge in [-0.2, -0.15) is 0 Å². The van der Waals surface area contributed by atoms with Gasteiger partial charge in [0.2, 0.25) is 5.91 Å². The van der Waals surface area contributed by atoms with E-state index >= 15 is 0 Å². The van der Waals surface area contributed by atoms with Crippen molar-refractivity contribution in [2.75, 3.05) is 19.6 Å². The van der Waals surface area contributed by atoms with Gasteiger partial charge in [-0.05, 0) is 62.4 Å². The molecule has 1 aliphatic heterocycles. The third-order valence-electron chi connectivity index (χ3n) is 4.88. The van der Waals surface area contributed by atoms with Crippen molar-refractivity contribution in [2.24, 2.45) is 5.92 Å². The molecule has 3 rings (SSSR count). The third-order valence-corrected chi connectivity index (χ3v) is 5.37. The number of piperidine rings is 1. The van der Waals surface area contributed by atoms with Crippen LogP contribution in [0.2, 0.25) is 0 Å². The predicted molar refractivity (Wildman–Crippen MR) is 100 cm³/mol. The Hall–Kier alpha value is -0.580. The Bertz CT molecular complexity index is 534. The van der Waals surface area contributed by atoms with E-state index in [1.54, 1.807) is 0 Å². The summed E-state index contributed by atoms with van der Waals surface area (Å²) >= 11 is 3.53. The monoisotopic (exact) mass is 400 g/mol. The molecule has 5 heteroatoms. The highest BCUT2D eigenvalue weighted by Gasteiger charge is 2.46. The van der Waals surface area contributed by atoms with E-state index in [-0.39, 0.29) is 18.3 Å². The summed E-state index contributed by atoms with van der Waals surface area (Å²) in [6.07, 6.45) is 4.25. The SMILES string of the molecule is CCCN(C(=O)C1CC1c1cccc(Br)c1)C1CCNCC1.Cl. The Morgan fingerprint density at radius 1 is 1.35 bits per heavy atom. The number of hydrogen-bond acceptors (Lipinski definition) is 2. The zero-order chi connectivity index (χ0) is 15.5. The number of nitrogens with one attached hydrogen (secondary N) is 1. The van der Waals surface area contributed by atoms with E-state index in [0.717, 1.165) is 49.8 Å². The van der Waals surface area contributed by atoms with E-state index in [2.05, 4.69) is 51.3 Å². The van der Waals surface area contributed by atoms with Gasteiger partial charge in [0.25, 0.3) is 0 Å². The average Bonchev–Trinajstić information content (AvgIpc) is 3.33. The summed E-state index contributed by atoms with van der Waals surface area (Å²) in [5, 5.41) is 3.39. The zero-order valence-electron chi connectivity index (χ0n) is 13.6. The molecule has 3 nitrogen and oxygen atoms in total. The Morgan fingerprint density at radius 3 is 2.74 bits per heavy atom. The van der Waals surface area contributed by atoms with Crippen LogP contribution in [0.4, 0.5) is 0 Å². The molecule has 1 aromatic rings. The Balaban J connectivity index is 0.00000192. The molecule has 2 aliphatic rings. The van der Waals surface area contributed by atoms with Crippen molar-refractivity contribution in [3.8, 4) is 0 Å². The summed E-state index contributed by atoms with van der Waals surface area (Å²) in [5.41, 5.74) is 1.30. The normalized spacial score (nSPS) is 23.9. The summed E-state index contributed by atoms with van der Waals surface area (Å²) in [6.45, 7) is 5.15. The van der Waals surface area contributed by atoms with Crippen LogP contribution in [-0.2, 0) is 4.79 Å². The van der Waals surface area contributed by atoms with Gasteiger partial charge in [0.1, 0.15) is 0 Å². The number of amides is 1. The number of rotatable bonds is 5. The first-order valence-corrected chi connectivity index (χ1v) is 9.26. The maximum atomic E-state index is 13.0. The van der Waals surface area contributed by atoms with Gasteiger partial charge in [0, 0.05) is 23.0 Å². The number of nitrogens with zero attached hydrogens (tertiary/aromatic N) is 1. The second kappa shape index (κ2) is 8.50. The molecule has 2 unspecified atom stereocenters. The largest absolute Gasteiger partial charge is 0.339 e. The van der Waals surface area contributed by atoms with Crippen molar-refractivity contribution in [2.45, 2.75) is 44.6 Å². The smallest absolute Gasteiger partial charge is 0.226 e. The first-order chi connectivity index (χ1) is 10.7. The van der Waals surface area contributed by atoms with E-state index in [1.807, 2.05) is 6.07 Å². The minimum atomic E-state index is 0. The second-order valence-electron chi connectivity index (χ2n) is 6.52. The van der Waals surface area contributed by atoms with Crippen LogP contribution in [0.25, 0.3) is 0 Å². The van der Waals surface area contributed by atoms with Crippen LogP contribution in [0.15, 0.2) is 28.7 Å². The van der Waals surface area contributed by atoms with Gasteiger partial charge < -0.3 is 10.2 Å². The van der Waals surface area contributed by atoms with Crippen molar-refractivity contribution in [1.29, 1.82) is 0 Å². The summed E-state index contributed by atoms with van der Waals surface area (Å²) in [6, 6.07) is 8.86. The molecule has 1 N–H and O–H groups in total. The molecule has 1 aromatic carbocycles. The fraction of sp³-hybridized carbons (Fsp3) is 0.611. The van der Waals surface area contributed by atoms with Gasteiger partial charge in [-0.15, -0.1) is 12.4 Å². The molecule has 1 saturated carbocycles. The Morgan fingerprint density at radius 2 is 2.09 bits per heavy atom. The fourth-order valence-corrected chi connectivity index (χ4v) is 4.04. The molecule has 2 fully saturated rings. The molecule has 128 valence electrons. The maximum absolute atomic E-state index is 13.0. The minimum Gasteiger partial charge on any atom is -0.339 e. The summed E-state index contributed by atoms with van der Waals surface area (Å²) in [7, 11) is 0. The first kappa shape index (κ1) is 18.8. The van der Waals surface area contributed by atoms with E-state index in [1.165, 1.54) is 5.56 Å². The lowest BCUT2D eigenvalue weighted by Crippen LogP contribution is -2.47. The van der Waals surface area contributed by atoms with Gasteiger partial charge in [0.15, 0.2) is 0 Å². The highest BCUT2D eigenvalue weighted by molar-refractivity contribution is 9.10. The van der Waals surface area contributed by atoms with Crippen LogP contribution in [0, 0.1) is 5.92 Å². The molecular formula is C18H26BrClN2O. The number of carbonyl (C=O) groups excluding carboxylic acids is 1. The molecule has 0 radical (unpaired) electrons. The standard InChI is InChI=1S/C18H25BrN2O.ClH/c1-2-10-21(15-6-8-20-9-7-15)18(22)17-12-16(17)13-4-3-5-14(19)11-13;/h3-5,11,15-17,20H,2,6-10,12H2,1H3;1H. The number of carbonyl (C=O) groups is 1. The molecule has 0 aromatic heterocycles. The van der Waals surface area contributed by atoms with Crippen molar-refractivity contribution >= 4 is 34.2 Å². The molecule has 23 heavy (non-hydrogen) atoms. The van der Waals surface area contributed by atoms with E-state index in [4.69, 9.17) is 0 Å². The second-order valence-corrected chi connectivity index (χ2v) is 7.43. The van der Waals surface area contributed by atoms with Crippen molar-refractivity contribution < 1.29 is 4.79 Å². The third kappa shape index (κ3) is 4.49. The van der Waals surface area contributed by atoms with Gasteiger partial charge in [-0.3, -0.25) is 4.79 Å². The fourth-order valence-electron chi connectivity index (χ4n) is 3.62. The van der Waals surface area contributed by atoms with Crippen LogP contribution in [0.5, 0.6) is 0 Å². The highest BCUT2D eigenvalue weighted by Crippen LogP contribution is 2.49. The Kier molecular flexibility index (Phi) is 6.93. The van der Waals surface area contributed by atoms with Gasteiger partial charge in [0.05, 0.1) is 0 Å². The van der Waals surface area contributed by atoms with Gasteiger partial charge in [-0.1, -0.05) is 35.0 Å². The predicted octanol–water partition coefficient (Wildman–Crippen LogP) is 3.97. The van der Waals surface area contributed by atoms with Gasteiger partial charge >= 0.3 is 0 Å². The van der Waals surface area contributed by atoms with Crippen molar-refractivity contribution in [1.82, 2.24) is 10.2 Å². The summed E-state index contributed by atoms with van der Waals surface area (Å²) in [5.74, 6) is 1.01. The topological polar surface area (TPSA) is 32.3 Å². The first-order valence-electron chi connectivity index (χ1n) is 8.47. The molecule has 2 atom stereocenters. The molecule has 0 bridgehead atoms. The number of benzene rings is 1. The van der Waals surface area contributed by atoms with Crippen molar-refractivity contribution in [3.63, 3.8) is 0 Å². The lowest BCUT2D eigenvalue weighted by Gasteiger charge is -2.35. The summed E-state index contributed by atoms with van der Waals surface area (Å²) in [4.78, 5) is 15.1. The molecule has 1 heterocycles. The molecule has 1 amide bonds. The highest BCUT2D eigenvalue weighted by atomic mass is 79.9. The van der Waals surface area contributed by atoms with Gasteiger partial charge in [-0.25, -0.2) is 0 Å². The maximum Gasteiger partial charge on any atom is 0.226 e. The molecular weight excluding hydrogens is 376 g/mol. The number of halogens is 2. The van der Waals surface area contributed by atoms with Crippen LogP contribution in [-0.4, -0.2) is 36.5 Å². The van der Waals surface area contributed by atoms with Crippen LogP contribution >= 0.6 is 28.3 Å². The molecule has 1 saturated heterocycles. The molecule has 0 spiro atoms. The van der Waals surface area contributed by atoms with E-state index in [9.17, 15) is 4.79 Å². The number of hydrogen-bond donors (Lipinski definition) is 1. The van der Waals surface area contributed by atoms with E-state index in [0.29, 0.717) is 17.9 Å².